The molecule has 0 atom stereocenters. The molecule has 0 aliphatic carbocycles. The highest BCUT2D eigenvalue weighted by atomic mass is 32.2. The van der Waals surface area contributed by atoms with Crippen molar-refractivity contribution in [2.45, 2.75) is 24.8 Å². The lowest BCUT2D eigenvalue weighted by Crippen LogP contribution is -1.99. The Balaban J connectivity index is 1.53. The van der Waals surface area contributed by atoms with Gasteiger partial charge in [-0.2, -0.15) is 4.68 Å². The maximum Gasteiger partial charge on any atom is 0.214 e. The third-order valence-corrected chi connectivity index (χ3v) is 5.11. The molecule has 0 saturated carbocycles. The lowest BCUT2D eigenvalue weighted by molar-refractivity contribution is 0.426. The zero-order valence-corrected chi connectivity index (χ0v) is 15.6. The molecule has 0 saturated heterocycles. The van der Waals surface area contributed by atoms with Crippen LogP contribution in [-0.4, -0.2) is 25.4 Å². The van der Waals surface area contributed by atoms with Gasteiger partial charge < -0.3 is 4.52 Å². The molecule has 0 bridgehead atoms. The largest absolute Gasteiger partial charge is 0.356 e. The Hall–Kier alpha value is -3.00. The van der Waals surface area contributed by atoms with Crippen LogP contribution in [0, 0.1) is 19.7 Å². The summed E-state index contributed by atoms with van der Waals surface area (Å²) < 4.78 is 20.3. The molecular weight excluding hydrogens is 365 g/mol. The molecule has 136 valence electrons. The second-order valence-corrected chi connectivity index (χ2v) is 7.03. The average Bonchev–Trinajstić information content (AvgIpc) is 3.28. The highest BCUT2D eigenvalue weighted by molar-refractivity contribution is 7.98. The van der Waals surface area contributed by atoms with Crippen molar-refractivity contribution >= 4 is 11.8 Å². The summed E-state index contributed by atoms with van der Waals surface area (Å²) in [6, 6.07) is 14.1. The third kappa shape index (κ3) is 3.61. The second-order valence-electron chi connectivity index (χ2n) is 6.09. The zero-order chi connectivity index (χ0) is 18.8. The fourth-order valence-corrected chi connectivity index (χ4v) is 3.52. The maximum atomic E-state index is 13.1. The molecule has 2 aromatic heterocycles. The molecule has 2 aromatic carbocycles. The topological polar surface area (TPSA) is 69.6 Å². The molecule has 0 unspecified atom stereocenters. The van der Waals surface area contributed by atoms with Crippen molar-refractivity contribution in [3.8, 4) is 17.0 Å². The maximum absolute atomic E-state index is 13.1. The molecule has 0 fully saturated rings. The number of thioether (sulfide) groups is 1. The van der Waals surface area contributed by atoms with E-state index in [1.165, 1.54) is 29.5 Å². The summed E-state index contributed by atoms with van der Waals surface area (Å²) >= 11 is 1.48. The quantitative estimate of drug-likeness (QED) is 0.478. The Morgan fingerprint density at radius 1 is 1.04 bits per heavy atom. The summed E-state index contributed by atoms with van der Waals surface area (Å²) in [6.45, 7) is 3.97. The normalized spacial score (nSPS) is 11.1. The van der Waals surface area contributed by atoms with Gasteiger partial charge in [0.15, 0.2) is 5.76 Å². The van der Waals surface area contributed by atoms with Crippen molar-refractivity contribution in [2.75, 3.05) is 0 Å². The Morgan fingerprint density at radius 2 is 1.78 bits per heavy atom. The van der Waals surface area contributed by atoms with Crippen LogP contribution in [-0.2, 0) is 5.75 Å². The number of halogens is 1. The molecule has 0 radical (unpaired) electrons. The SMILES string of the molecule is Cc1ccc(-n2nnnc2SCc2noc(-c3ccc(F)cc3)c2C)cc1. The van der Waals surface area contributed by atoms with Gasteiger partial charge in [-0.05, 0) is 60.7 Å². The Morgan fingerprint density at radius 3 is 2.52 bits per heavy atom. The third-order valence-electron chi connectivity index (χ3n) is 4.18. The van der Waals surface area contributed by atoms with Crippen LogP contribution in [0.4, 0.5) is 4.39 Å². The first-order valence-corrected chi connectivity index (χ1v) is 9.29. The van der Waals surface area contributed by atoms with Crippen molar-refractivity contribution < 1.29 is 8.91 Å². The van der Waals surface area contributed by atoms with E-state index in [9.17, 15) is 4.39 Å². The van der Waals surface area contributed by atoms with Crippen LogP contribution in [0.5, 0.6) is 0 Å². The predicted octanol–water partition coefficient (Wildman–Crippen LogP) is 4.37. The standard InChI is InChI=1S/C19H16FN5OS/c1-12-3-9-16(10-4-12)25-19(21-23-24-25)27-11-17-13(2)18(26-22-17)14-5-7-15(20)8-6-14/h3-10H,11H2,1-2H3. The molecule has 4 aromatic rings. The summed E-state index contributed by atoms with van der Waals surface area (Å²) in [5.41, 5.74) is 4.59. The van der Waals surface area contributed by atoms with Gasteiger partial charge >= 0.3 is 0 Å². The van der Waals surface area contributed by atoms with E-state index in [1.54, 1.807) is 16.8 Å². The number of rotatable bonds is 5. The molecule has 2 heterocycles. The first-order valence-electron chi connectivity index (χ1n) is 8.31. The molecule has 6 nitrogen and oxygen atoms in total. The lowest BCUT2D eigenvalue weighted by atomic mass is 10.1. The highest BCUT2D eigenvalue weighted by Crippen LogP contribution is 2.29. The molecule has 27 heavy (non-hydrogen) atoms. The summed E-state index contributed by atoms with van der Waals surface area (Å²) in [4.78, 5) is 0. The van der Waals surface area contributed by atoms with Crippen molar-refractivity contribution in [2.24, 2.45) is 0 Å². The van der Waals surface area contributed by atoms with Crippen LogP contribution in [0.3, 0.4) is 0 Å². The van der Waals surface area contributed by atoms with Crippen LogP contribution < -0.4 is 0 Å². The minimum atomic E-state index is -0.283. The van der Waals surface area contributed by atoms with Gasteiger partial charge in [0.25, 0.3) is 0 Å². The number of aromatic nitrogens is 5. The highest BCUT2D eigenvalue weighted by Gasteiger charge is 2.16. The monoisotopic (exact) mass is 381 g/mol. The summed E-state index contributed by atoms with van der Waals surface area (Å²) in [6.07, 6.45) is 0. The van der Waals surface area contributed by atoms with E-state index < -0.39 is 0 Å². The number of benzene rings is 2. The van der Waals surface area contributed by atoms with Crippen LogP contribution in [0.1, 0.15) is 16.8 Å². The van der Waals surface area contributed by atoms with Crippen molar-refractivity contribution in [1.29, 1.82) is 0 Å². The first kappa shape index (κ1) is 17.4. The van der Waals surface area contributed by atoms with E-state index >= 15 is 0 Å². The molecule has 0 spiro atoms. The molecule has 0 N–H and O–H groups in total. The van der Waals surface area contributed by atoms with Gasteiger partial charge in [-0.15, -0.1) is 5.10 Å². The van der Waals surface area contributed by atoms with E-state index in [0.717, 1.165) is 22.5 Å². The van der Waals surface area contributed by atoms with Gasteiger partial charge in [0.2, 0.25) is 5.16 Å². The number of nitrogens with zero attached hydrogens (tertiary/aromatic N) is 5. The summed E-state index contributed by atoms with van der Waals surface area (Å²) in [5, 5.41) is 16.8. The number of aryl methyl sites for hydroxylation is 1. The van der Waals surface area contributed by atoms with Crippen molar-refractivity contribution in [3.63, 3.8) is 0 Å². The van der Waals surface area contributed by atoms with Crippen molar-refractivity contribution in [1.82, 2.24) is 25.4 Å². The van der Waals surface area contributed by atoms with Crippen molar-refractivity contribution in [3.05, 3.63) is 71.2 Å². The zero-order valence-electron chi connectivity index (χ0n) is 14.8. The van der Waals surface area contributed by atoms with Gasteiger partial charge in [0, 0.05) is 16.9 Å². The minimum Gasteiger partial charge on any atom is -0.356 e. The Kier molecular flexibility index (Phi) is 4.72. The van der Waals surface area contributed by atoms with Crippen LogP contribution >= 0.6 is 11.8 Å². The second kappa shape index (κ2) is 7.32. The Labute approximate surface area is 159 Å². The lowest BCUT2D eigenvalue weighted by Gasteiger charge is -2.04. The molecular formula is C19H16FN5OS. The Bertz CT molecular complexity index is 1060. The van der Waals surface area contributed by atoms with Crippen LogP contribution in [0.15, 0.2) is 58.2 Å². The van der Waals surface area contributed by atoms with E-state index in [2.05, 4.69) is 20.7 Å². The molecule has 8 heteroatoms. The average molecular weight is 381 g/mol. The smallest absolute Gasteiger partial charge is 0.214 e. The van der Waals surface area contributed by atoms with E-state index in [-0.39, 0.29) is 5.82 Å². The van der Waals surface area contributed by atoms with Crippen LogP contribution in [0.25, 0.3) is 17.0 Å². The van der Waals surface area contributed by atoms with E-state index in [1.807, 2.05) is 38.1 Å². The van der Waals surface area contributed by atoms with Gasteiger partial charge in [0.05, 0.1) is 11.4 Å². The summed E-state index contributed by atoms with van der Waals surface area (Å²) in [5.74, 6) is 0.918. The van der Waals surface area contributed by atoms with Gasteiger partial charge in [-0.25, -0.2) is 4.39 Å². The minimum absolute atomic E-state index is 0.283. The van der Waals surface area contributed by atoms with Crippen LogP contribution in [0.2, 0.25) is 0 Å². The number of tetrazole rings is 1. The molecule has 0 aliphatic heterocycles. The van der Waals surface area contributed by atoms with E-state index in [4.69, 9.17) is 4.52 Å². The number of hydrogen-bond donors (Lipinski definition) is 0. The predicted molar refractivity (Wildman–Crippen MR) is 100 cm³/mol. The van der Waals surface area contributed by atoms with Gasteiger partial charge in [0.1, 0.15) is 5.82 Å². The number of hydrogen-bond acceptors (Lipinski definition) is 6. The van der Waals surface area contributed by atoms with Gasteiger partial charge in [-0.3, -0.25) is 0 Å². The fourth-order valence-electron chi connectivity index (χ4n) is 2.62. The molecule has 4 rings (SSSR count). The fraction of sp³-hybridized carbons (Fsp3) is 0.158. The van der Waals surface area contributed by atoms with Gasteiger partial charge in [-0.1, -0.05) is 34.6 Å². The molecule has 0 amide bonds. The summed E-state index contributed by atoms with van der Waals surface area (Å²) in [7, 11) is 0. The molecule has 0 aliphatic rings. The van der Waals surface area contributed by atoms with E-state index in [0.29, 0.717) is 16.7 Å². The first-order chi connectivity index (χ1) is 13.1.